The van der Waals surface area contributed by atoms with Gasteiger partial charge in [0.25, 0.3) is 5.91 Å². The first-order chi connectivity index (χ1) is 19.6. The number of nitrogens with zero attached hydrogens (tertiary/aromatic N) is 2. The Kier molecular flexibility index (Phi) is 14.0. The van der Waals surface area contributed by atoms with E-state index in [-0.39, 0.29) is 38.0 Å². The maximum Gasteiger partial charge on any atom is 0.253 e. The summed E-state index contributed by atoms with van der Waals surface area (Å²) in [6.07, 6.45) is 14.6. The molecule has 12 heteroatoms. The van der Waals surface area contributed by atoms with Gasteiger partial charge in [0.2, 0.25) is 10.0 Å². The molecule has 0 saturated carbocycles. The highest BCUT2D eigenvalue weighted by Gasteiger charge is 2.30. The summed E-state index contributed by atoms with van der Waals surface area (Å²) >= 11 is 24.8. The number of benzene rings is 2. The number of sulfonamides is 1. The Labute approximate surface area is 264 Å². The van der Waals surface area contributed by atoms with E-state index in [9.17, 15) is 13.2 Å². The minimum atomic E-state index is -3.71. The first kappa shape index (κ1) is 33.9. The number of amidine groups is 1. The SMILES string of the molecule is CCCCCCCCCCCCCCNS(=O)(=O)c1ccc(N=C2CC(=O)N(c3c(Cl)cc(Cl)cc3Cl)N2)c(Cl)c1. The summed E-state index contributed by atoms with van der Waals surface area (Å²) in [5.41, 5.74) is 3.46. The molecular weight excluding hydrogens is 626 g/mol. The van der Waals surface area contributed by atoms with Gasteiger partial charge in [-0.2, -0.15) is 0 Å². The van der Waals surface area contributed by atoms with Crippen LogP contribution in [0.2, 0.25) is 20.1 Å². The lowest BCUT2D eigenvalue weighted by Gasteiger charge is -2.19. The van der Waals surface area contributed by atoms with Crippen LogP contribution < -0.4 is 15.2 Å². The smallest absolute Gasteiger partial charge is 0.253 e. The molecule has 2 N–H and O–H groups in total. The number of hydrogen-bond donors (Lipinski definition) is 2. The quantitative estimate of drug-likeness (QED) is 0.165. The number of halogens is 4. The Bertz CT molecular complexity index is 1300. The average Bonchev–Trinajstić information content (AvgIpc) is 3.26. The number of rotatable bonds is 17. The van der Waals surface area contributed by atoms with Crippen molar-refractivity contribution >= 4 is 79.5 Å². The molecule has 1 amide bonds. The average molecular weight is 665 g/mol. The van der Waals surface area contributed by atoms with Gasteiger partial charge in [-0.15, -0.1) is 0 Å². The first-order valence-corrected chi connectivity index (χ1v) is 17.2. The van der Waals surface area contributed by atoms with Gasteiger partial charge >= 0.3 is 0 Å². The van der Waals surface area contributed by atoms with Crippen molar-refractivity contribution in [1.82, 2.24) is 10.1 Å². The van der Waals surface area contributed by atoms with E-state index >= 15 is 0 Å². The third-order valence-electron chi connectivity index (χ3n) is 6.82. The molecule has 0 atom stereocenters. The molecule has 0 radical (unpaired) electrons. The number of carbonyl (C=O) groups excluding carboxylic acids is 1. The highest BCUT2D eigenvalue weighted by molar-refractivity contribution is 7.89. The van der Waals surface area contributed by atoms with Crippen LogP contribution in [0.1, 0.15) is 90.4 Å². The largest absolute Gasteiger partial charge is 0.277 e. The van der Waals surface area contributed by atoms with Gasteiger partial charge in [0.15, 0.2) is 0 Å². The van der Waals surface area contributed by atoms with Gasteiger partial charge in [-0.1, -0.05) is 124 Å². The number of aliphatic imine (C=N–C) groups is 1. The number of hydrogen-bond acceptors (Lipinski definition) is 4. The highest BCUT2D eigenvalue weighted by atomic mass is 35.5. The van der Waals surface area contributed by atoms with E-state index < -0.39 is 10.0 Å². The van der Waals surface area contributed by atoms with Crippen molar-refractivity contribution in [3.8, 4) is 0 Å². The number of nitrogens with one attached hydrogen (secondary N) is 2. The number of anilines is 1. The van der Waals surface area contributed by atoms with Gasteiger partial charge in [-0.25, -0.2) is 23.1 Å². The Morgan fingerprint density at radius 3 is 1.95 bits per heavy atom. The molecule has 0 aromatic heterocycles. The van der Waals surface area contributed by atoms with Crippen molar-refractivity contribution in [2.45, 2.75) is 95.3 Å². The van der Waals surface area contributed by atoms with Gasteiger partial charge < -0.3 is 0 Å². The van der Waals surface area contributed by atoms with Gasteiger partial charge in [0.05, 0.1) is 32.1 Å². The zero-order valence-electron chi connectivity index (χ0n) is 23.3. The van der Waals surface area contributed by atoms with Crippen LogP contribution in [0, 0.1) is 0 Å². The predicted molar refractivity (Wildman–Crippen MR) is 172 cm³/mol. The Hall–Kier alpha value is -1.55. The molecule has 2 aromatic carbocycles. The zero-order valence-corrected chi connectivity index (χ0v) is 27.2. The third-order valence-corrected chi connectivity index (χ3v) is 9.38. The minimum Gasteiger partial charge on any atom is -0.277 e. The lowest BCUT2D eigenvalue weighted by atomic mass is 10.1. The summed E-state index contributed by atoms with van der Waals surface area (Å²) in [7, 11) is -3.71. The molecular formula is C29H38Cl4N4O3S. The molecule has 3 rings (SSSR count). The molecule has 0 bridgehead atoms. The van der Waals surface area contributed by atoms with E-state index in [1.54, 1.807) is 0 Å². The summed E-state index contributed by atoms with van der Waals surface area (Å²) in [5.74, 6) is -0.0214. The maximum atomic E-state index is 12.8. The van der Waals surface area contributed by atoms with Crippen LogP contribution >= 0.6 is 46.4 Å². The van der Waals surface area contributed by atoms with Crippen LogP contribution in [-0.2, 0) is 14.8 Å². The van der Waals surface area contributed by atoms with Crippen LogP contribution in [0.25, 0.3) is 0 Å². The van der Waals surface area contributed by atoms with E-state index in [1.807, 2.05) is 0 Å². The molecule has 0 unspecified atom stereocenters. The third kappa shape index (κ3) is 10.6. The summed E-state index contributed by atoms with van der Waals surface area (Å²) in [5, 5.41) is 2.09. The molecule has 41 heavy (non-hydrogen) atoms. The zero-order chi connectivity index (χ0) is 29.8. The summed E-state index contributed by atoms with van der Waals surface area (Å²) in [6, 6.07) is 7.27. The topological polar surface area (TPSA) is 90.9 Å². The van der Waals surface area contributed by atoms with Crippen molar-refractivity contribution in [1.29, 1.82) is 0 Å². The van der Waals surface area contributed by atoms with Crippen molar-refractivity contribution in [2.24, 2.45) is 4.99 Å². The second kappa shape index (κ2) is 16.9. The molecule has 1 fully saturated rings. The minimum absolute atomic E-state index is 0.0493. The molecule has 1 heterocycles. The Morgan fingerprint density at radius 2 is 1.39 bits per heavy atom. The summed E-state index contributed by atoms with van der Waals surface area (Å²) < 4.78 is 28.2. The molecule has 1 saturated heterocycles. The second-order valence-electron chi connectivity index (χ2n) is 10.2. The second-order valence-corrected chi connectivity index (χ2v) is 13.6. The molecule has 2 aromatic rings. The monoisotopic (exact) mass is 662 g/mol. The van der Waals surface area contributed by atoms with Crippen molar-refractivity contribution in [3.05, 3.63) is 50.4 Å². The first-order valence-electron chi connectivity index (χ1n) is 14.2. The number of carbonyl (C=O) groups is 1. The van der Waals surface area contributed by atoms with Crippen molar-refractivity contribution in [3.63, 3.8) is 0 Å². The molecule has 1 aliphatic heterocycles. The summed E-state index contributed by atoms with van der Waals surface area (Å²) in [6.45, 7) is 2.61. The van der Waals surface area contributed by atoms with Gasteiger partial charge in [-0.3, -0.25) is 10.2 Å². The van der Waals surface area contributed by atoms with Crippen molar-refractivity contribution < 1.29 is 13.2 Å². The Morgan fingerprint density at radius 1 is 0.829 bits per heavy atom. The van der Waals surface area contributed by atoms with Crippen molar-refractivity contribution in [2.75, 3.05) is 11.6 Å². The molecule has 226 valence electrons. The van der Waals surface area contributed by atoms with Gasteiger partial charge in [0, 0.05) is 11.6 Å². The van der Waals surface area contributed by atoms with Gasteiger partial charge in [-0.05, 0) is 36.8 Å². The predicted octanol–water partition coefficient (Wildman–Crippen LogP) is 9.25. The van der Waals surface area contributed by atoms with Crippen LogP contribution in [0.15, 0.2) is 40.2 Å². The van der Waals surface area contributed by atoms with Crippen LogP contribution in [0.5, 0.6) is 0 Å². The fraction of sp³-hybridized carbons (Fsp3) is 0.517. The van der Waals surface area contributed by atoms with Crippen LogP contribution in [-0.4, -0.2) is 26.7 Å². The highest BCUT2D eigenvalue weighted by Crippen LogP contribution is 2.37. The lowest BCUT2D eigenvalue weighted by molar-refractivity contribution is -0.116. The number of amides is 1. The number of hydrazine groups is 1. The van der Waals surface area contributed by atoms with Crippen LogP contribution in [0.3, 0.4) is 0 Å². The normalized spacial score (nSPS) is 14.7. The fourth-order valence-corrected chi connectivity index (χ4v) is 6.97. The molecule has 0 aliphatic carbocycles. The van der Waals surface area contributed by atoms with Crippen LogP contribution in [0.4, 0.5) is 11.4 Å². The fourth-order valence-electron chi connectivity index (χ4n) is 4.59. The van der Waals surface area contributed by atoms with E-state index in [0.29, 0.717) is 23.1 Å². The van der Waals surface area contributed by atoms with E-state index in [4.69, 9.17) is 46.4 Å². The van der Waals surface area contributed by atoms with Gasteiger partial charge in [0.1, 0.15) is 11.5 Å². The standard InChI is InChI=1S/C29H38Cl4N4O3S/c1-2-3-4-5-6-7-8-9-10-11-12-13-16-34-41(39,40)22-14-15-26(23(31)19-22)35-27-20-28(38)37(36-27)29-24(32)17-21(30)18-25(29)33/h14-15,17-19,34H,2-13,16,20H2,1H3,(H,35,36). The maximum absolute atomic E-state index is 12.8. The molecule has 7 nitrogen and oxygen atoms in total. The lowest BCUT2D eigenvalue weighted by Crippen LogP contribution is -2.36. The number of unbranched alkanes of at least 4 members (excludes halogenated alkanes) is 11. The van der Waals surface area contributed by atoms with E-state index in [0.717, 1.165) is 19.3 Å². The van der Waals surface area contributed by atoms with E-state index in [2.05, 4.69) is 22.1 Å². The molecule has 0 spiro atoms. The molecule has 1 aliphatic rings. The Balaban J connectivity index is 1.45. The van der Waals surface area contributed by atoms with E-state index in [1.165, 1.54) is 93.1 Å². The summed E-state index contributed by atoms with van der Waals surface area (Å²) in [4.78, 5) is 17.1.